The van der Waals surface area contributed by atoms with Crippen LogP contribution >= 0.6 is 0 Å². The predicted molar refractivity (Wildman–Crippen MR) is 61.4 cm³/mol. The topological polar surface area (TPSA) is 44.5 Å². The highest BCUT2D eigenvalue weighted by atomic mass is 16.5. The van der Waals surface area contributed by atoms with Gasteiger partial charge in [0.2, 0.25) is 0 Å². The largest absolute Gasteiger partial charge is 0.490 e. The van der Waals surface area contributed by atoms with Crippen molar-refractivity contribution in [1.29, 1.82) is 0 Å². The zero-order valence-corrected chi connectivity index (χ0v) is 9.57. The van der Waals surface area contributed by atoms with Gasteiger partial charge in [0.15, 0.2) is 11.5 Å². The minimum Gasteiger partial charge on any atom is -0.490 e. The number of para-hydroxylation sites is 2. The molecule has 3 heteroatoms. The van der Waals surface area contributed by atoms with E-state index in [2.05, 4.69) is 0 Å². The molecule has 2 atom stereocenters. The molecule has 15 heavy (non-hydrogen) atoms. The quantitative estimate of drug-likeness (QED) is 0.808. The third-order valence-corrected chi connectivity index (χ3v) is 2.20. The summed E-state index contributed by atoms with van der Waals surface area (Å²) in [5.41, 5.74) is 5.74. The van der Waals surface area contributed by atoms with Crippen LogP contribution < -0.4 is 15.2 Å². The van der Waals surface area contributed by atoms with Crippen LogP contribution in [0.15, 0.2) is 24.3 Å². The Morgan fingerprint density at radius 3 is 2.33 bits per heavy atom. The summed E-state index contributed by atoms with van der Waals surface area (Å²) >= 11 is 0. The lowest BCUT2D eigenvalue weighted by Gasteiger charge is -2.19. The highest BCUT2D eigenvalue weighted by Gasteiger charge is 2.11. The first-order valence-corrected chi connectivity index (χ1v) is 5.29. The molecule has 0 aromatic heterocycles. The second kappa shape index (κ2) is 5.61. The van der Waals surface area contributed by atoms with Gasteiger partial charge in [-0.1, -0.05) is 12.1 Å². The Balaban J connectivity index is 2.74. The average molecular weight is 209 g/mol. The van der Waals surface area contributed by atoms with Crippen molar-refractivity contribution in [2.24, 2.45) is 5.73 Å². The third kappa shape index (κ3) is 3.44. The minimum absolute atomic E-state index is 0.000294. The van der Waals surface area contributed by atoms with Gasteiger partial charge in [0, 0.05) is 6.04 Å². The van der Waals surface area contributed by atoms with Gasteiger partial charge in [-0.25, -0.2) is 0 Å². The van der Waals surface area contributed by atoms with Gasteiger partial charge < -0.3 is 15.2 Å². The lowest BCUT2D eigenvalue weighted by atomic mass is 10.2. The number of hydrogen-bond donors (Lipinski definition) is 1. The highest BCUT2D eigenvalue weighted by molar-refractivity contribution is 5.39. The molecule has 0 saturated heterocycles. The monoisotopic (exact) mass is 209 g/mol. The van der Waals surface area contributed by atoms with E-state index < -0.39 is 0 Å². The van der Waals surface area contributed by atoms with Crippen LogP contribution in [0.4, 0.5) is 0 Å². The van der Waals surface area contributed by atoms with E-state index in [1.54, 1.807) is 0 Å². The fourth-order valence-corrected chi connectivity index (χ4v) is 1.13. The lowest BCUT2D eigenvalue weighted by Crippen LogP contribution is -2.33. The maximum Gasteiger partial charge on any atom is 0.161 e. The van der Waals surface area contributed by atoms with Gasteiger partial charge in [-0.3, -0.25) is 0 Å². The van der Waals surface area contributed by atoms with E-state index in [-0.39, 0.29) is 12.1 Å². The molecular weight excluding hydrogens is 190 g/mol. The van der Waals surface area contributed by atoms with E-state index >= 15 is 0 Å². The molecule has 0 aliphatic rings. The van der Waals surface area contributed by atoms with Gasteiger partial charge >= 0.3 is 0 Å². The summed E-state index contributed by atoms with van der Waals surface area (Å²) in [6.45, 7) is 6.46. The maximum atomic E-state index is 5.74. The third-order valence-electron chi connectivity index (χ3n) is 2.20. The molecule has 0 radical (unpaired) electrons. The van der Waals surface area contributed by atoms with Crippen LogP contribution in [-0.2, 0) is 0 Å². The lowest BCUT2D eigenvalue weighted by molar-refractivity contribution is 0.185. The Morgan fingerprint density at radius 2 is 1.80 bits per heavy atom. The fourth-order valence-electron chi connectivity index (χ4n) is 1.13. The Morgan fingerprint density at radius 1 is 1.20 bits per heavy atom. The summed E-state index contributed by atoms with van der Waals surface area (Å²) in [5, 5.41) is 0. The molecule has 3 nitrogen and oxygen atoms in total. The molecule has 2 unspecified atom stereocenters. The molecular formula is C12H19NO2. The number of benzene rings is 1. The van der Waals surface area contributed by atoms with Crippen LogP contribution in [0.3, 0.4) is 0 Å². The van der Waals surface area contributed by atoms with Gasteiger partial charge in [0.1, 0.15) is 6.10 Å². The summed E-state index contributed by atoms with van der Waals surface area (Å²) < 4.78 is 11.2. The average Bonchev–Trinajstić information content (AvgIpc) is 2.21. The zero-order valence-electron chi connectivity index (χ0n) is 9.57. The van der Waals surface area contributed by atoms with Crippen molar-refractivity contribution in [3.63, 3.8) is 0 Å². The Bertz CT molecular complexity index is 299. The van der Waals surface area contributed by atoms with E-state index in [4.69, 9.17) is 15.2 Å². The minimum atomic E-state index is -0.0217. The van der Waals surface area contributed by atoms with Crippen molar-refractivity contribution in [2.45, 2.75) is 32.9 Å². The van der Waals surface area contributed by atoms with Gasteiger partial charge in [0.25, 0.3) is 0 Å². The standard InChI is InChI=1S/C12H19NO2/c1-4-14-11-7-5-6-8-12(11)15-10(3)9(2)13/h5-10H,4,13H2,1-3H3. The molecule has 0 aliphatic heterocycles. The first-order chi connectivity index (χ1) is 7.15. The maximum absolute atomic E-state index is 5.74. The van der Waals surface area contributed by atoms with E-state index in [0.717, 1.165) is 11.5 Å². The SMILES string of the molecule is CCOc1ccccc1OC(C)C(C)N. The van der Waals surface area contributed by atoms with E-state index in [1.165, 1.54) is 0 Å². The molecule has 0 heterocycles. The van der Waals surface area contributed by atoms with Crippen molar-refractivity contribution in [3.8, 4) is 11.5 Å². The normalized spacial score (nSPS) is 14.4. The van der Waals surface area contributed by atoms with Crippen LogP contribution in [0.5, 0.6) is 11.5 Å². The van der Waals surface area contributed by atoms with E-state index in [1.807, 2.05) is 45.0 Å². The summed E-state index contributed by atoms with van der Waals surface area (Å²) in [6.07, 6.45) is -0.0217. The van der Waals surface area contributed by atoms with Gasteiger partial charge in [0.05, 0.1) is 6.61 Å². The molecule has 0 amide bonds. The number of ether oxygens (including phenoxy) is 2. The zero-order chi connectivity index (χ0) is 11.3. The Hall–Kier alpha value is -1.22. The van der Waals surface area contributed by atoms with E-state index in [9.17, 15) is 0 Å². The van der Waals surface area contributed by atoms with Crippen LogP contribution in [0.25, 0.3) is 0 Å². The van der Waals surface area contributed by atoms with Crippen molar-refractivity contribution < 1.29 is 9.47 Å². The predicted octanol–water partition coefficient (Wildman–Crippen LogP) is 2.20. The smallest absolute Gasteiger partial charge is 0.161 e. The number of nitrogens with two attached hydrogens (primary N) is 1. The summed E-state index contributed by atoms with van der Waals surface area (Å²) in [5.74, 6) is 1.52. The van der Waals surface area contributed by atoms with Crippen LogP contribution in [-0.4, -0.2) is 18.8 Å². The van der Waals surface area contributed by atoms with E-state index in [0.29, 0.717) is 6.61 Å². The van der Waals surface area contributed by atoms with Gasteiger partial charge in [-0.05, 0) is 32.9 Å². The number of rotatable bonds is 5. The molecule has 84 valence electrons. The van der Waals surface area contributed by atoms with Crippen molar-refractivity contribution in [2.75, 3.05) is 6.61 Å². The van der Waals surface area contributed by atoms with Crippen molar-refractivity contribution in [1.82, 2.24) is 0 Å². The molecule has 1 aromatic rings. The second-order valence-electron chi connectivity index (χ2n) is 3.56. The molecule has 1 aromatic carbocycles. The highest BCUT2D eigenvalue weighted by Crippen LogP contribution is 2.27. The first kappa shape index (κ1) is 11.9. The Kier molecular flexibility index (Phi) is 4.43. The molecule has 0 aliphatic carbocycles. The molecule has 1 rings (SSSR count). The van der Waals surface area contributed by atoms with Gasteiger partial charge in [-0.15, -0.1) is 0 Å². The van der Waals surface area contributed by atoms with Crippen LogP contribution in [0.1, 0.15) is 20.8 Å². The summed E-state index contributed by atoms with van der Waals surface area (Å²) in [7, 11) is 0. The summed E-state index contributed by atoms with van der Waals surface area (Å²) in [4.78, 5) is 0. The molecule has 0 bridgehead atoms. The Labute approximate surface area is 91.2 Å². The molecule has 2 N–H and O–H groups in total. The molecule has 0 saturated carbocycles. The van der Waals surface area contributed by atoms with Crippen molar-refractivity contribution in [3.05, 3.63) is 24.3 Å². The second-order valence-corrected chi connectivity index (χ2v) is 3.56. The number of hydrogen-bond acceptors (Lipinski definition) is 3. The van der Waals surface area contributed by atoms with Crippen LogP contribution in [0, 0.1) is 0 Å². The van der Waals surface area contributed by atoms with Crippen LogP contribution in [0.2, 0.25) is 0 Å². The molecule has 0 fully saturated rings. The van der Waals surface area contributed by atoms with Crippen molar-refractivity contribution >= 4 is 0 Å². The molecule has 0 spiro atoms. The first-order valence-electron chi connectivity index (χ1n) is 5.29. The van der Waals surface area contributed by atoms with Gasteiger partial charge in [-0.2, -0.15) is 0 Å². The fraction of sp³-hybridized carbons (Fsp3) is 0.500. The summed E-state index contributed by atoms with van der Waals surface area (Å²) in [6, 6.07) is 7.64.